The second kappa shape index (κ2) is 4.42. The Bertz CT molecular complexity index is 583. The lowest BCUT2D eigenvalue weighted by molar-refractivity contribution is -0.388. The van der Waals surface area contributed by atoms with Crippen LogP contribution in [0.1, 0.15) is 0 Å². The summed E-state index contributed by atoms with van der Waals surface area (Å²) in [6, 6.07) is 2.15. The highest BCUT2D eigenvalue weighted by Gasteiger charge is 2.36. The van der Waals surface area contributed by atoms with E-state index < -0.39 is 37.6 Å². The van der Waals surface area contributed by atoms with E-state index in [2.05, 4.69) is 9.88 Å². The third-order valence-electron chi connectivity index (χ3n) is 1.67. The molecule has 0 heterocycles. The van der Waals surface area contributed by atoms with Gasteiger partial charge in [0.1, 0.15) is 0 Å². The average molecular weight is 286 g/mol. The van der Waals surface area contributed by atoms with Crippen molar-refractivity contribution in [1.82, 2.24) is 0 Å². The second-order valence-electron chi connectivity index (χ2n) is 2.95. The predicted octanol–water partition coefficient (Wildman–Crippen LogP) is 1.14. The zero-order valence-electron chi connectivity index (χ0n) is 8.34. The summed E-state index contributed by atoms with van der Waals surface area (Å²) in [5, 5.41) is 15.2. The molecular formula is C7H5F3N2O5S. The fourth-order valence-corrected chi connectivity index (χ4v) is 1.96. The summed E-state index contributed by atoms with van der Waals surface area (Å²) >= 11 is 0. The molecule has 0 atom stereocenters. The number of nitro groups is 1. The zero-order valence-corrected chi connectivity index (χ0v) is 9.16. The zero-order chi connectivity index (χ0) is 14.1. The van der Waals surface area contributed by atoms with Gasteiger partial charge in [-0.05, 0) is 6.07 Å². The van der Waals surface area contributed by atoms with Crippen molar-refractivity contribution >= 4 is 15.7 Å². The summed E-state index contributed by atoms with van der Waals surface area (Å²) in [6.07, 6.45) is -5.20. The number of nitrogens with two attached hydrogens (primary N) is 1. The van der Waals surface area contributed by atoms with E-state index in [1.807, 2.05) is 0 Å². The molecule has 0 aromatic heterocycles. The first-order valence-corrected chi connectivity index (χ1v) is 5.63. The molecule has 0 amide bonds. The van der Waals surface area contributed by atoms with Crippen LogP contribution in [-0.2, 0) is 10.0 Å². The first-order chi connectivity index (χ1) is 8.02. The molecule has 0 saturated heterocycles. The molecule has 0 radical (unpaired) electrons. The van der Waals surface area contributed by atoms with Gasteiger partial charge in [0.15, 0.2) is 5.75 Å². The molecule has 7 nitrogen and oxygen atoms in total. The lowest BCUT2D eigenvalue weighted by Crippen LogP contribution is -2.21. The van der Waals surface area contributed by atoms with Crippen LogP contribution in [0.4, 0.5) is 18.9 Å². The van der Waals surface area contributed by atoms with Gasteiger partial charge in [0.05, 0.1) is 4.92 Å². The number of hydrogen-bond acceptors (Lipinski definition) is 5. The molecule has 2 N–H and O–H groups in total. The quantitative estimate of drug-likeness (QED) is 0.661. The summed E-state index contributed by atoms with van der Waals surface area (Å²) in [5.41, 5.74) is -1.10. The molecule has 100 valence electrons. The van der Waals surface area contributed by atoms with Gasteiger partial charge in [-0.2, -0.15) is 0 Å². The van der Waals surface area contributed by atoms with Crippen LogP contribution in [0.2, 0.25) is 0 Å². The Balaban J connectivity index is 3.54. The number of nitrogens with zero attached hydrogens (tertiary/aromatic N) is 1. The molecule has 0 aliphatic rings. The summed E-state index contributed by atoms with van der Waals surface area (Å²) in [6.45, 7) is 0. The molecule has 0 unspecified atom stereocenters. The van der Waals surface area contributed by atoms with Gasteiger partial charge in [0.25, 0.3) is 5.69 Å². The Morgan fingerprint density at radius 3 is 2.28 bits per heavy atom. The molecule has 0 aliphatic carbocycles. The molecule has 0 aliphatic heterocycles. The Hall–Kier alpha value is -1.88. The number of hydrogen-bond donors (Lipinski definition) is 1. The minimum Gasteiger partial charge on any atom is -0.404 e. The predicted molar refractivity (Wildman–Crippen MR) is 51.2 cm³/mol. The largest absolute Gasteiger partial charge is 0.573 e. The first-order valence-electron chi connectivity index (χ1n) is 4.08. The maximum atomic E-state index is 12.0. The van der Waals surface area contributed by atoms with Crippen LogP contribution in [0, 0.1) is 10.1 Å². The van der Waals surface area contributed by atoms with Crippen LogP contribution in [0.25, 0.3) is 0 Å². The summed E-state index contributed by atoms with van der Waals surface area (Å²) < 4.78 is 61.6. The van der Waals surface area contributed by atoms with Gasteiger partial charge in [-0.15, -0.1) is 13.2 Å². The van der Waals surface area contributed by atoms with Crippen molar-refractivity contribution in [1.29, 1.82) is 0 Å². The van der Waals surface area contributed by atoms with E-state index in [-0.39, 0.29) is 0 Å². The topological polar surface area (TPSA) is 113 Å². The first kappa shape index (κ1) is 14.2. The van der Waals surface area contributed by atoms with E-state index in [1.54, 1.807) is 0 Å². The monoisotopic (exact) mass is 286 g/mol. The number of sulfonamides is 1. The van der Waals surface area contributed by atoms with E-state index in [9.17, 15) is 31.7 Å². The second-order valence-corrected chi connectivity index (χ2v) is 4.45. The number of ether oxygens (including phenoxy) is 1. The fraction of sp³-hybridized carbons (Fsp3) is 0.143. The van der Waals surface area contributed by atoms with Crippen molar-refractivity contribution in [2.45, 2.75) is 11.3 Å². The van der Waals surface area contributed by atoms with Gasteiger partial charge in [0.2, 0.25) is 14.9 Å². The number of halogens is 3. The lowest BCUT2D eigenvalue weighted by atomic mass is 10.3. The van der Waals surface area contributed by atoms with Crippen LogP contribution in [0.15, 0.2) is 23.1 Å². The van der Waals surface area contributed by atoms with Gasteiger partial charge in [-0.1, -0.05) is 6.07 Å². The third kappa shape index (κ3) is 3.30. The number of primary sulfonamides is 1. The molecule has 0 bridgehead atoms. The maximum Gasteiger partial charge on any atom is 0.573 e. The molecule has 1 aromatic carbocycles. The normalized spacial score (nSPS) is 12.2. The number of rotatable bonds is 3. The van der Waals surface area contributed by atoms with Gasteiger partial charge in [0, 0.05) is 6.07 Å². The number of benzene rings is 1. The molecular weight excluding hydrogens is 281 g/mol. The van der Waals surface area contributed by atoms with E-state index in [0.29, 0.717) is 12.1 Å². The van der Waals surface area contributed by atoms with Gasteiger partial charge < -0.3 is 4.74 Å². The maximum absolute atomic E-state index is 12.0. The van der Waals surface area contributed by atoms with Crippen LogP contribution in [-0.4, -0.2) is 19.7 Å². The SMILES string of the molecule is NS(=O)(=O)c1c(OC(F)(F)F)cccc1[N+](=O)[O-]. The third-order valence-corrected chi connectivity index (χ3v) is 2.64. The molecule has 1 rings (SSSR count). The summed E-state index contributed by atoms with van der Waals surface area (Å²) in [7, 11) is -4.75. The van der Waals surface area contributed by atoms with E-state index in [4.69, 9.17) is 0 Å². The van der Waals surface area contributed by atoms with Gasteiger partial charge in [-0.3, -0.25) is 10.1 Å². The molecule has 11 heteroatoms. The van der Waals surface area contributed by atoms with Crippen molar-refractivity contribution in [3.05, 3.63) is 28.3 Å². The molecule has 0 saturated carbocycles. The highest BCUT2D eigenvalue weighted by atomic mass is 32.2. The van der Waals surface area contributed by atoms with Crippen molar-refractivity contribution in [2.24, 2.45) is 5.14 Å². The van der Waals surface area contributed by atoms with E-state index >= 15 is 0 Å². The van der Waals surface area contributed by atoms with Gasteiger partial charge >= 0.3 is 6.36 Å². The summed E-state index contributed by atoms with van der Waals surface area (Å²) in [5.74, 6) is -1.25. The Morgan fingerprint density at radius 1 is 1.33 bits per heavy atom. The minimum absolute atomic E-state index is 0.611. The van der Waals surface area contributed by atoms with E-state index in [1.165, 1.54) is 0 Å². The summed E-state index contributed by atoms with van der Waals surface area (Å²) in [4.78, 5) is 8.03. The van der Waals surface area contributed by atoms with Crippen molar-refractivity contribution < 1.29 is 31.2 Å². The molecule has 18 heavy (non-hydrogen) atoms. The highest BCUT2D eigenvalue weighted by Crippen LogP contribution is 2.35. The number of nitro benzene ring substituents is 1. The van der Waals surface area contributed by atoms with Crippen LogP contribution in [0.3, 0.4) is 0 Å². The van der Waals surface area contributed by atoms with Crippen LogP contribution >= 0.6 is 0 Å². The number of alkyl halides is 3. The Morgan fingerprint density at radius 2 is 1.89 bits per heavy atom. The molecule has 0 spiro atoms. The highest BCUT2D eigenvalue weighted by molar-refractivity contribution is 7.89. The molecule has 0 fully saturated rings. The van der Waals surface area contributed by atoms with Crippen molar-refractivity contribution in [2.75, 3.05) is 0 Å². The Labute approximate surface area is 98.2 Å². The van der Waals surface area contributed by atoms with Gasteiger partial charge in [-0.25, -0.2) is 13.6 Å². The Kier molecular flexibility index (Phi) is 3.48. The van der Waals surface area contributed by atoms with Crippen LogP contribution < -0.4 is 9.88 Å². The minimum atomic E-state index is -5.20. The van der Waals surface area contributed by atoms with Crippen molar-refractivity contribution in [3.63, 3.8) is 0 Å². The standard InChI is InChI=1S/C7H5F3N2O5S/c8-7(9,10)17-5-3-1-2-4(12(13)14)6(5)18(11,15)16/h1-3H,(H2,11,15,16). The smallest absolute Gasteiger partial charge is 0.404 e. The van der Waals surface area contributed by atoms with Crippen molar-refractivity contribution in [3.8, 4) is 5.75 Å². The molecule has 1 aromatic rings. The average Bonchev–Trinajstić information content (AvgIpc) is 2.12. The lowest BCUT2D eigenvalue weighted by Gasteiger charge is -2.11. The fourth-order valence-electron chi connectivity index (χ4n) is 1.14. The van der Waals surface area contributed by atoms with E-state index in [0.717, 1.165) is 6.07 Å². The van der Waals surface area contributed by atoms with Crippen LogP contribution in [0.5, 0.6) is 5.75 Å².